The summed E-state index contributed by atoms with van der Waals surface area (Å²) in [6.45, 7) is 5.59. The molecular formula is C12H24N2O5S. The van der Waals surface area contributed by atoms with Gasteiger partial charge in [-0.15, -0.1) is 0 Å². The van der Waals surface area contributed by atoms with Gasteiger partial charge >= 0.3 is 5.97 Å². The van der Waals surface area contributed by atoms with Gasteiger partial charge in [-0.3, -0.25) is 9.59 Å². The van der Waals surface area contributed by atoms with Crippen molar-refractivity contribution in [2.24, 2.45) is 0 Å². The summed E-state index contributed by atoms with van der Waals surface area (Å²) in [5, 5.41) is 2.74. The number of methoxy groups -OCH3 is 1. The molecule has 0 radical (unpaired) electrons. The maximum Gasteiger partial charge on any atom is 0.305 e. The number of nitrogens with one attached hydrogen (secondary N) is 2. The van der Waals surface area contributed by atoms with Gasteiger partial charge in [-0.1, -0.05) is 0 Å². The van der Waals surface area contributed by atoms with Crippen molar-refractivity contribution in [3.05, 3.63) is 0 Å². The van der Waals surface area contributed by atoms with Gasteiger partial charge in [0.05, 0.1) is 12.9 Å². The molecule has 0 bridgehead atoms. The fourth-order valence-corrected chi connectivity index (χ4v) is 2.46. The number of sulfonamides is 1. The maximum absolute atomic E-state index is 11.6. The molecule has 0 rings (SSSR count). The lowest BCUT2D eigenvalue weighted by molar-refractivity contribution is -0.140. The quantitative estimate of drug-likeness (QED) is 0.622. The lowest BCUT2D eigenvalue weighted by Gasteiger charge is -2.20. The fourth-order valence-electron chi connectivity index (χ4n) is 1.38. The normalized spacial score (nSPS) is 12.0. The molecular weight excluding hydrogens is 284 g/mol. The highest BCUT2D eigenvalue weighted by Crippen LogP contribution is 1.99. The minimum atomic E-state index is -3.46. The molecule has 0 aliphatic carbocycles. The van der Waals surface area contributed by atoms with Crippen molar-refractivity contribution in [3.8, 4) is 0 Å². The number of rotatable bonds is 8. The third-order valence-electron chi connectivity index (χ3n) is 2.21. The van der Waals surface area contributed by atoms with E-state index >= 15 is 0 Å². The maximum atomic E-state index is 11.6. The molecule has 0 aliphatic rings. The minimum Gasteiger partial charge on any atom is -0.469 e. The van der Waals surface area contributed by atoms with Gasteiger partial charge in [0.25, 0.3) is 0 Å². The zero-order chi connectivity index (χ0) is 15.8. The van der Waals surface area contributed by atoms with Crippen LogP contribution in [0.15, 0.2) is 0 Å². The van der Waals surface area contributed by atoms with E-state index in [1.165, 1.54) is 7.11 Å². The van der Waals surface area contributed by atoms with Crippen LogP contribution in [0.4, 0.5) is 0 Å². The van der Waals surface area contributed by atoms with Gasteiger partial charge in [0, 0.05) is 24.9 Å². The number of esters is 1. The second-order valence-electron chi connectivity index (χ2n) is 5.44. The summed E-state index contributed by atoms with van der Waals surface area (Å²) in [7, 11) is -2.21. The van der Waals surface area contributed by atoms with Crippen molar-refractivity contribution in [3.63, 3.8) is 0 Å². The summed E-state index contributed by atoms with van der Waals surface area (Å²) in [4.78, 5) is 22.3. The highest BCUT2D eigenvalue weighted by Gasteiger charge is 2.15. The largest absolute Gasteiger partial charge is 0.469 e. The molecule has 118 valence electrons. The van der Waals surface area contributed by atoms with Crippen LogP contribution in [0.5, 0.6) is 0 Å². The number of ether oxygens (including phenoxy) is 1. The molecule has 0 spiro atoms. The Labute approximate surface area is 120 Å². The van der Waals surface area contributed by atoms with Crippen molar-refractivity contribution in [2.75, 3.05) is 19.4 Å². The first kappa shape index (κ1) is 18.9. The SMILES string of the molecule is COC(=O)CCCS(=O)(=O)NCCC(=O)NC(C)(C)C. The number of amides is 1. The second-order valence-corrected chi connectivity index (χ2v) is 7.37. The number of hydrogen-bond donors (Lipinski definition) is 2. The van der Waals surface area contributed by atoms with Crippen molar-refractivity contribution < 1.29 is 22.7 Å². The topological polar surface area (TPSA) is 102 Å². The zero-order valence-corrected chi connectivity index (χ0v) is 13.3. The number of carbonyl (C=O) groups is 2. The van der Waals surface area contributed by atoms with E-state index in [0.29, 0.717) is 0 Å². The van der Waals surface area contributed by atoms with Gasteiger partial charge in [0.2, 0.25) is 15.9 Å². The molecule has 0 unspecified atom stereocenters. The summed E-state index contributed by atoms with van der Waals surface area (Å²) in [5.41, 5.74) is -0.337. The number of hydrogen-bond acceptors (Lipinski definition) is 5. The average Bonchev–Trinajstić information content (AvgIpc) is 2.25. The minimum absolute atomic E-state index is 0.0441. The standard InChI is InChI=1S/C12H24N2O5S/c1-12(2,3)14-10(15)7-8-13-20(17,18)9-5-6-11(16)19-4/h13H,5-9H2,1-4H3,(H,14,15). The highest BCUT2D eigenvalue weighted by molar-refractivity contribution is 7.89. The van der Waals surface area contributed by atoms with Crippen LogP contribution in [0.25, 0.3) is 0 Å². The zero-order valence-electron chi connectivity index (χ0n) is 12.5. The molecule has 0 saturated carbocycles. The van der Waals surface area contributed by atoms with Crippen LogP contribution in [-0.4, -0.2) is 45.2 Å². The van der Waals surface area contributed by atoms with Gasteiger partial charge < -0.3 is 10.1 Å². The molecule has 0 aromatic rings. The van der Waals surface area contributed by atoms with E-state index in [0.717, 1.165) is 0 Å². The van der Waals surface area contributed by atoms with Crippen LogP contribution in [0.3, 0.4) is 0 Å². The van der Waals surface area contributed by atoms with Crippen molar-refractivity contribution >= 4 is 21.9 Å². The molecule has 20 heavy (non-hydrogen) atoms. The molecule has 0 heterocycles. The predicted octanol–water partition coefficient (Wildman–Crippen LogP) is 0.164. The van der Waals surface area contributed by atoms with Crippen LogP contribution >= 0.6 is 0 Å². The third-order valence-corrected chi connectivity index (χ3v) is 3.68. The average molecular weight is 308 g/mol. The summed E-state index contributed by atoms with van der Waals surface area (Å²) < 4.78 is 29.9. The molecule has 0 aliphatic heterocycles. The van der Waals surface area contributed by atoms with Crippen LogP contribution in [0.1, 0.15) is 40.0 Å². The van der Waals surface area contributed by atoms with Crippen LogP contribution in [0, 0.1) is 0 Å². The van der Waals surface area contributed by atoms with E-state index in [4.69, 9.17) is 0 Å². The van der Waals surface area contributed by atoms with Crippen molar-refractivity contribution in [1.29, 1.82) is 0 Å². The predicted molar refractivity (Wildman–Crippen MR) is 75.6 cm³/mol. The fraction of sp³-hybridized carbons (Fsp3) is 0.833. The molecule has 0 atom stereocenters. The summed E-state index contributed by atoms with van der Waals surface area (Å²) >= 11 is 0. The van der Waals surface area contributed by atoms with Gasteiger partial charge in [0.15, 0.2) is 0 Å². The Balaban J connectivity index is 3.94. The first-order valence-corrected chi connectivity index (χ1v) is 8.06. The molecule has 7 nitrogen and oxygen atoms in total. The summed E-state index contributed by atoms with van der Waals surface area (Å²) in [6, 6.07) is 0. The van der Waals surface area contributed by atoms with Gasteiger partial charge in [-0.2, -0.15) is 0 Å². The second kappa shape index (κ2) is 8.21. The molecule has 0 saturated heterocycles. The Hall–Kier alpha value is -1.15. The Morgan fingerprint density at radius 2 is 1.75 bits per heavy atom. The number of carbonyl (C=O) groups excluding carboxylic acids is 2. The monoisotopic (exact) mass is 308 g/mol. The molecule has 2 N–H and O–H groups in total. The first-order chi connectivity index (χ1) is 9.06. The smallest absolute Gasteiger partial charge is 0.305 e. The van der Waals surface area contributed by atoms with Crippen LogP contribution in [-0.2, 0) is 24.3 Å². The Kier molecular flexibility index (Phi) is 7.74. The summed E-state index contributed by atoms with van der Waals surface area (Å²) in [6.07, 6.45) is 0.325. The van der Waals surface area contributed by atoms with E-state index in [1.54, 1.807) is 0 Å². The van der Waals surface area contributed by atoms with Crippen molar-refractivity contribution in [1.82, 2.24) is 10.0 Å². The van der Waals surface area contributed by atoms with E-state index in [2.05, 4.69) is 14.8 Å². The third kappa shape index (κ3) is 10.7. The van der Waals surface area contributed by atoms with E-state index in [9.17, 15) is 18.0 Å². The van der Waals surface area contributed by atoms with Gasteiger partial charge in [-0.25, -0.2) is 13.1 Å². The molecule has 1 amide bonds. The Bertz CT molecular complexity index is 426. The first-order valence-electron chi connectivity index (χ1n) is 6.41. The van der Waals surface area contributed by atoms with Crippen LogP contribution < -0.4 is 10.0 Å². The molecule has 0 fully saturated rings. The van der Waals surface area contributed by atoms with Gasteiger partial charge in [0.1, 0.15) is 0 Å². The van der Waals surface area contributed by atoms with Crippen molar-refractivity contribution in [2.45, 2.75) is 45.6 Å². The molecule has 8 heteroatoms. The molecule has 0 aromatic carbocycles. The highest BCUT2D eigenvalue weighted by atomic mass is 32.2. The van der Waals surface area contributed by atoms with E-state index < -0.39 is 16.0 Å². The van der Waals surface area contributed by atoms with E-state index in [1.807, 2.05) is 20.8 Å². The van der Waals surface area contributed by atoms with E-state index in [-0.39, 0.29) is 43.0 Å². The Morgan fingerprint density at radius 3 is 2.25 bits per heavy atom. The lowest BCUT2D eigenvalue weighted by atomic mass is 10.1. The Morgan fingerprint density at radius 1 is 1.15 bits per heavy atom. The van der Waals surface area contributed by atoms with Gasteiger partial charge in [-0.05, 0) is 27.2 Å². The lowest BCUT2D eigenvalue weighted by Crippen LogP contribution is -2.42. The molecule has 0 aromatic heterocycles. The summed E-state index contributed by atoms with van der Waals surface area (Å²) in [5.74, 6) is -0.817. The van der Waals surface area contributed by atoms with Crippen LogP contribution in [0.2, 0.25) is 0 Å².